The molecule has 0 aromatic carbocycles. The van der Waals surface area contributed by atoms with Gasteiger partial charge in [0.1, 0.15) is 0 Å². The van der Waals surface area contributed by atoms with E-state index in [0.717, 1.165) is 25.6 Å². The molecule has 0 bridgehead atoms. The van der Waals surface area contributed by atoms with E-state index in [0.29, 0.717) is 31.1 Å². The molecule has 1 aromatic heterocycles. The Morgan fingerprint density at radius 1 is 1.24 bits per heavy atom. The molecule has 0 aliphatic heterocycles. The zero-order chi connectivity index (χ0) is 15.1. The second kappa shape index (κ2) is 7.97. The van der Waals surface area contributed by atoms with Crippen LogP contribution in [0.3, 0.4) is 0 Å². The zero-order valence-corrected chi connectivity index (χ0v) is 13.1. The summed E-state index contributed by atoms with van der Waals surface area (Å²) in [6.07, 6.45) is 2.63. The fourth-order valence-corrected chi connectivity index (χ4v) is 1.78. The van der Waals surface area contributed by atoms with E-state index in [2.05, 4.69) is 20.3 Å². The van der Waals surface area contributed by atoms with E-state index < -0.39 is 0 Å². The maximum absolute atomic E-state index is 5.65. The number of ether oxygens (including phenoxy) is 2. The van der Waals surface area contributed by atoms with Gasteiger partial charge in [0.2, 0.25) is 11.9 Å². The first-order valence-electron chi connectivity index (χ1n) is 7.64. The van der Waals surface area contributed by atoms with Gasteiger partial charge in [-0.15, -0.1) is 0 Å². The fraction of sp³-hybridized carbons (Fsp3) is 0.786. The van der Waals surface area contributed by atoms with Gasteiger partial charge in [-0.25, -0.2) is 0 Å². The van der Waals surface area contributed by atoms with Crippen LogP contribution in [0.4, 0.5) is 11.9 Å². The normalized spacial score (nSPS) is 14.0. The third-order valence-corrected chi connectivity index (χ3v) is 3.17. The van der Waals surface area contributed by atoms with Crippen LogP contribution in [0.25, 0.3) is 0 Å². The molecule has 1 aromatic rings. The molecule has 1 heterocycles. The second-order valence-electron chi connectivity index (χ2n) is 5.14. The predicted molar refractivity (Wildman–Crippen MR) is 82.0 cm³/mol. The van der Waals surface area contributed by atoms with E-state index in [1.807, 2.05) is 25.8 Å². The summed E-state index contributed by atoms with van der Waals surface area (Å²) in [5, 5.41) is 3.09. The van der Waals surface area contributed by atoms with Crippen molar-refractivity contribution < 1.29 is 9.47 Å². The third kappa shape index (κ3) is 5.34. The Labute approximate surface area is 126 Å². The van der Waals surface area contributed by atoms with Crippen LogP contribution >= 0.6 is 0 Å². The van der Waals surface area contributed by atoms with Gasteiger partial charge in [-0.2, -0.15) is 15.0 Å². The fourth-order valence-electron chi connectivity index (χ4n) is 1.78. The molecule has 0 amide bonds. The number of anilines is 2. The zero-order valence-electron chi connectivity index (χ0n) is 13.1. The van der Waals surface area contributed by atoms with Crippen LogP contribution in [-0.2, 0) is 4.74 Å². The van der Waals surface area contributed by atoms with Crippen molar-refractivity contribution in [3.05, 3.63) is 0 Å². The molecular weight excluding hydrogens is 270 g/mol. The lowest BCUT2D eigenvalue weighted by Crippen LogP contribution is -2.25. The van der Waals surface area contributed by atoms with Gasteiger partial charge >= 0.3 is 6.01 Å². The number of aromatic nitrogens is 3. The Kier molecular flexibility index (Phi) is 5.98. The van der Waals surface area contributed by atoms with Gasteiger partial charge in [0, 0.05) is 26.7 Å². The first kappa shape index (κ1) is 15.8. The highest BCUT2D eigenvalue weighted by molar-refractivity contribution is 5.37. The summed E-state index contributed by atoms with van der Waals surface area (Å²) < 4.78 is 11.0. The second-order valence-corrected chi connectivity index (χ2v) is 5.14. The summed E-state index contributed by atoms with van der Waals surface area (Å²) in [6.45, 7) is 7.49. The van der Waals surface area contributed by atoms with Gasteiger partial charge in [-0.3, -0.25) is 0 Å². The van der Waals surface area contributed by atoms with E-state index in [-0.39, 0.29) is 0 Å². The molecule has 1 saturated carbocycles. The van der Waals surface area contributed by atoms with Crippen molar-refractivity contribution in [1.29, 1.82) is 0 Å². The number of hydrogen-bond acceptors (Lipinski definition) is 7. The summed E-state index contributed by atoms with van der Waals surface area (Å²) in [4.78, 5) is 14.9. The molecule has 0 unspecified atom stereocenters. The number of rotatable bonds is 10. The number of hydrogen-bond donors (Lipinski definition) is 1. The topological polar surface area (TPSA) is 72.4 Å². The number of nitrogens with one attached hydrogen (secondary N) is 1. The maximum atomic E-state index is 5.65. The van der Waals surface area contributed by atoms with Crippen molar-refractivity contribution in [1.82, 2.24) is 15.0 Å². The minimum absolute atomic E-state index is 0.351. The van der Waals surface area contributed by atoms with E-state index in [1.165, 1.54) is 12.8 Å². The minimum Gasteiger partial charge on any atom is -0.464 e. The van der Waals surface area contributed by atoms with E-state index >= 15 is 0 Å². The Morgan fingerprint density at radius 3 is 2.71 bits per heavy atom. The molecule has 1 aliphatic carbocycles. The van der Waals surface area contributed by atoms with Gasteiger partial charge < -0.3 is 19.7 Å². The lowest BCUT2D eigenvalue weighted by Gasteiger charge is -2.18. The summed E-state index contributed by atoms with van der Waals surface area (Å²) >= 11 is 0. The quantitative estimate of drug-likeness (QED) is 0.657. The summed E-state index contributed by atoms with van der Waals surface area (Å²) in [5.74, 6) is 1.92. The molecule has 2 rings (SSSR count). The van der Waals surface area contributed by atoms with Gasteiger partial charge in [0.05, 0.1) is 13.2 Å². The van der Waals surface area contributed by atoms with E-state index in [9.17, 15) is 0 Å². The highest BCUT2D eigenvalue weighted by Gasteiger charge is 2.21. The molecular formula is C14H25N5O2. The molecule has 21 heavy (non-hydrogen) atoms. The summed E-state index contributed by atoms with van der Waals surface area (Å²) in [6, 6.07) is 0.351. The first-order chi connectivity index (χ1) is 10.2. The largest absolute Gasteiger partial charge is 0.464 e. The minimum atomic E-state index is 0.351. The predicted octanol–water partition coefficient (Wildman–Crippen LogP) is 1.56. The van der Waals surface area contributed by atoms with Crippen LogP contribution in [0.15, 0.2) is 0 Å². The van der Waals surface area contributed by atoms with Crippen molar-refractivity contribution in [2.24, 2.45) is 5.92 Å². The Morgan fingerprint density at radius 2 is 2.05 bits per heavy atom. The smallest absolute Gasteiger partial charge is 0.323 e. The standard InChI is InChI=1S/C14H25N5O2/c1-4-15-12-16-13(18-14(17-12)21-5-2)19(3)8-9-20-10-11-6-7-11/h11H,4-10H2,1-3H3,(H,15,16,17,18). The molecule has 1 aliphatic rings. The van der Waals surface area contributed by atoms with Crippen molar-refractivity contribution in [3.8, 4) is 6.01 Å². The van der Waals surface area contributed by atoms with Crippen molar-refractivity contribution in [3.63, 3.8) is 0 Å². The summed E-state index contributed by atoms with van der Waals surface area (Å²) in [7, 11) is 1.95. The van der Waals surface area contributed by atoms with Gasteiger partial charge in [-0.1, -0.05) is 0 Å². The summed E-state index contributed by atoms with van der Waals surface area (Å²) in [5.41, 5.74) is 0. The SMILES string of the molecule is CCNc1nc(OCC)nc(N(C)CCOCC2CC2)n1. The molecule has 0 atom stereocenters. The van der Waals surface area contributed by atoms with Crippen LogP contribution in [0.5, 0.6) is 6.01 Å². The molecule has 7 heteroatoms. The molecule has 0 spiro atoms. The van der Waals surface area contributed by atoms with Gasteiger partial charge in [0.15, 0.2) is 0 Å². The lowest BCUT2D eigenvalue weighted by atomic mass is 10.5. The van der Waals surface area contributed by atoms with E-state index in [1.54, 1.807) is 0 Å². The van der Waals surface area contributed by atoms with Crippen LogP contribution in [0, 0.1) is 5.92 Å². The Balaban J connectivity index is 1.91. The van der Waals surface area contributed by atoms with Crippen molar-refractivity contribution in [2.45, 2.75) is 26.7 Å². The van der Waals surface area contributed by atoms with Crippen LogP contribution in [0.2, 0.25) is 0 Å². The monoisotopic (exact) mass is 295 g/mol. The average molecular weight is 295 g/mol. The maximum Gasteiger partial charge on any atom is 0.323 e. The van der Waals surface area contributed by atoms with E-state index in [4.69, 9.17) is 9.47 Å². The van der Waals surface area contributed by atoms with Gasteiger partial charge in [0.25, 0.3) is 0 Å². The Hall–Kier alpha value is -1.63. The molecule has 0 saturated heterocycles. The lowest BCUT2D eigenvalue weighted by molar-refractivity contribution is 0.130. The van der Waals surface area contributed by atoms with Crippen LogP contribution in [-0.4, -0.2) is 54.9 Å². The Bertz CT molecular complexity index is 415. The molecule has 1 N–H and O–H groups in total. The van der Waals surface area contributed by atoms with Crippen molar-refractivity contribution >= 4 is 11.9 Å². The number of nitrogens with zero attached hydrogens (tertiary/aromatic N) is 4. The highest BCUT2D eigenvalue weighted by Crippen LogP contribution is 2.28. The average Bonchev–Trinajstić information content (AvgIpc) is 3.28. The molecule has 1 fully saturated rings. The van der Waals surface area contributed by atoms with Gasteiger partial charge in [-0.05, 0) is 32.6 Å². The number of likely N-dealkylation sites (N-methyl/N-ethyl adjacent to an activating group) is 1. The van der Waals surface area contributed by atoms with Crippen LogP contribution in [0.1, 0.15) is 26.7 Å². The van der Waals surface area contributed by atoms with Crippen LogP contribution < -0.4 is 15.0 Å². The van der Waals surface area contributed by atoms with Crippen molar-refractivity contribution in [2.75, 3.05) is 50.2 Å². The molecule has 118 valence electrons. The molecule has 7 nitrogen and oxygen atoms in total. The molecule has 0 radical (unpaired) electrons. The highest BCUT2D eigenvalue weighted by atomic mass is 16.5. The first-order valence-corrected chi connectivity index (χ1v) is 7.64. The third-order valence-electron chi connectivity index (χ3n) is 3.17.